The quantitative estimate of drug-likeness (QED) is 0.171. The van der Waals surface area contributed by atoms with Gasteiger partial charge in [0.15, 0.2) is 0 Å². The summed E-state index contributed by atoms with van der Waals surface area (Å²) >= 11 is 0. The van der Waals surface area contributed by atoms with E-state index in [0.29, 0.717) is 12.0 Å². The highest BCUT2D eigenvalue weighted by Gasteiger charge is 2.34. The lowest BCUT2D eigenvalue weighted by Crippen LogP contribution is -2.15. The zero-order valence-electron chi connectivity index (χ0n) is 21.5. The number of carbonyl (C=O) groups is 1. The van der Waals surface area contributed by atoms with Gasteiger partial charge in [0.25, 0.3) is 10.1 Å². The van der Waals surface area contributed by atoms with Gasteiger partial charge in [-0.15, -0.1) is 0 Å². The maximum Gasteiger partial charge on any atom is 0.446 e. The maximum absolute atomic E-state index is 12.6. The first kappa shape index (κ1) is 36.2. The number of para-hydroxylation sites is 1. The second-order valence-electron chi connectivity index (χ2n) is 8.32. The Labute approximate surface area is 225 Å². The second-order valence-corrected chi connectivity index (χ2v) is 11.2. The van der Waals surface area contributed by atoms with Crippen molar-refractivity contribution >= 4 is 26.5 Å². The first-order valence-electron chi connectivity index (χ1n) is 11.5. The Hall–Kier alpha value is -2.75. The van der Waals surface area contributed by atoms with E-state index in [0.717, 1.165) is 37.8 Å². The summed E-state index contributed by atoms with van der Waals surface area (Å²) in [6.07, 6.45) is -0.746. The van der Waals surface area contributed by atoms with E-state index in [9.17, 15) is 39.2 Å². The molecule has 0 fully saturated rings. The summed E-state index contributed by atoms with van der Waals surface area (Å²) in [7, 11) is -8.19. The lowest BCUT2D eigenvalue weighted by atomic mass is 10.0. The highest BCUT2D eigenvalue weighted by atomic mass is 32.3. The van der Waals surface area contributed by atoms with Crippen LogP contribution in [0.2, 0.25) is 0 Å². The van der Waals surface area contributed by atoms with E-state index in [4.69, 9.17) is 14.2 Å². The summed E-state index contributed by atoms with van der Waals surface area (Å²) in [6.45, 7) is 5.33. The molecule has 0 saturated heterocycles. The topological polar surface area (TPSA) is 155 Å². The molecule has 1 atom stereocenters. The molecule has 2 rings (SSSR count). The molecule has 1 unspecified atom stereocenters. The van der Waals surface area contributed by atoms with E-state index in [1.807, 2.05) is 0 Å². The summed E-state index contributed by atoms with van der Waals surface area (Å²) in [6, 6.07) is 8.42. The number of carboxylic acid groups (broad SMARTS) is 1. The van der Waals surface area contributed by atoms with Crippen molar-refractivity contribution in [2.24, 2.45) is 0 Å². The number of carboxylic acids is 1. The molecule has 15 heteroatoms. The fraction of sp³-hybridized carbons (Fsp3) is 0.458. The fourth-order valence-electron chi connectivity index (χ4n) is 2.90. The first-order chi connectivity index (χ1) is 17.8. The van der Waals surface area contributed by atoms with Gasteiger partial charge in [0, 0.05) is 0 Å². The molecule has 9 nitrogen and oxygen atoms in total. The molecule has 0 saturated carbocycles. The van der Waals surface area contributed by atoms with Crippen molar-refractivity contribution in [3.8, 4) is 5.75 Å². The molecule has 39 heavy (non-hydrogen) atoms. The summed E-state index contributed by atoms with van der Waals surface area (Å²) in [5.41, 5.74) is -1.04. The predicted molar refractivity (Wildman–Crippen MR) is 136 cm³/mol. The van der Waals surface area contributed by atoms with E-state index in [1.54, 1.807) is 32.0 Å². The van der Waals surface area contributed by atoms with Gasteiger partial charge >= 0.3 is 22.5 Å². The third kappa shape index (κ3) is 16.7. The average Bonchev–Trinajstić information content (AvgIpc) is 2.78. The zero-order chi connectivity index (χ0) is 30.4. The largest absolute Gasteiger partial charge is 0.481 e. The minimum atomic E-state index is -4.74. The first-order valence-corrected chi connectivity index (χ1v) is 14.4. The highest BCUT2D eigenvalue weighted by Crippen LogP contribution is 2.32. The van der Waals surface area contributed by atoms with Crippen LogP contribution in [-0.2, 0) is 37.9 Å². The van der Waals surface area contributed by atoms with Gasteiger partial charge in [-0.2, -0.15) is 30.0 Å². The van der Waals surface area contributed by atoms with Crippen LogP contribution in [0.1, 0.15) is 62.6 Å². The monoisotopic (exact) mass is 604 g/mol. The molecule has 0 aromatic heterocycles. The fourth-order valence-corrected chi connectivity index (χ4v) is 3.78. The predicted octanol–water partition coefficient (Wildman–Crippen LogP) is 5.88. The van der Waals surface area contributed by atoms with E-state index in [-0.39, 0.29) is 11.8 Å². The number of hydrogen-bond acceptors (Lipinski definition) is 6. The Morgan fingerprint density at radius 2 is 1.59 bits per heavy atom. The van der Waals surface area contributed by atoms with Crippen LogP contribution in [0.25, 0.3) is 0 Å². The maximum atomic E-state index is 12.6. The molecule has 222 valence electrons. The SMILES string of the molecule is CCCCCCC(C)S(=O)(=O)O.Cc1ccccc1OS(=O)(=O)O.O=C(O)Cc1ccc(F)cc1C(F)(F)F. The number of alkyl halides is 3. The Bertz CT molecular complexity index is 1260. The summed E-state index contributed by atoms with van der Waals surface area (Å²) in [5.74, 6) is -2.30. The summed E-state index contributed by atoms with van der Waals surface area (Å²) < 4.78 is 112. The number of halogens is 4. The van der Waals surface area contributed by atoms with Gasteiger partial charge in [-0.05, 0) is 49.6 Å². The van der Waals surface area contributed by atoms with Crippen LogP contribution in [0, 0.1) is 12.7 Å². The van der Waals surface area contributed by atoms with Crippen molar-refractivity contribution in [3.63, 3.8) is 0 Å². The molecule has 0 heterocycles. The Kier molecular flexibility index (Phi) is 15.2. The number of aryl methyl sites for hydroxylation is 1. The lowest BCUT2D eigenvalue weighted by Gasteiger charge is -2.11. The van der Waals surface area contributed by atoms with Crippen molar-refractivity contribution < 1.29 is 57.6 Å². The molecular formula is C24H32F4O9S2. The van der Waals surface area contributed by atoms with Crippen LogP contribution in [0.3, 0.4) is 0 Å². The van der Waals surface area contributed by atoms with Crippen LogP contribution < -0.4 is 4.18 Å². The minimum absolute atomic E-state index is 0.139. The Morgan fingerprint density at radius 3 is 2.05 bits per heavy atom. The number of benzene rings is 2. The normalized spacial score (nSPS) is 12.3. The van der Waals surface area contributed by atoms with Gasteiger partial charge in [-0.25, -0.2) is 4.39 Å². The van der Waals surface area contributed by atoms with Gasteiger partial charge in [0.2, 0.25) is 0 Å². The van der Waals surface area contributed by atoms with Crippen LogP contribution in [0.15, 0.2) is 42.5 Å². The van der Waals surface area contributed by atoms with Gasteiger partial charge in [-0.1, -0.05) is 56.9 Å². The molecule has 3 N–H and O–H groups in total. The van der Waals surface area contributed by atoms with Crippen LogP contribution >= 0.6 is 0 Å². The summed E-state index contributed by atoms with van der Waals surface area (Å²) in [4.78, 5) is 10.3. The number of aliphatic carboxylic acids is 1. The van der Waals surface area contributed by atoms with Gasteiger partial charge in [-0.3, -0.25) is 13.9 Å². The number of hydrogen-bond donors (Lipinski definition) is 3. The molecule has 0 aliphatic rings. The van der Waals surface area contributed by atoms with E-state index < -0.39 is 61.3 Å². The minimum Gasteiger partial charge on any atom is -0.481 e. The smallest absolute Gasteiger partial charge is 0.446 e. The highest BCUT2D eigenvalue weighted by molar-refractivity contribution is 7.86. The van der Waals surface area contributed by atoms with Crippen LogP contribution in [-0.4, -0.2) is 42.3 Å². The van der Waals surface area contributed by atoms with Crippen molar-refractivity contribution in [2.75, 3.05) is 0 Å². The second kappa shape index (κ2) is 16.4. The van der Waals surface area contributed by atoms with Crippen molar-refractivity contribution in [1.29, 1.82) is 0 Å². The average molecular weight is 605 g/mol. The van der Waals surface area contributed by atoms with Crippen LogP contribution in [0.5, 0.6) is 5.75 Å². The van der Waals surface area contributed by atoms with E-state index >= 15 is 0 Å². The zero-order valence-corrected chi connectivity index (χ0v) is 23.1. The molecule has 0 radical (unpaired) electrons. The van der Waals surface area contributed by atoms with Gasteiger partial charge < -0.3 is 9.29 Å². The molecule has 0 bridgehead atoms. The number of unbranched alkanes of at least 4 members (excludes halogenated alkanes) is 3. The molecule has 0 aliphatic carbocycles. The summed E-state index contributed by atoms with van der Waals surface area (Å²) in [5, 5.41) is 7.76. The molecule has 0 spiro atoms. The van der Waals surface area contributed by atoms with E-state index in [2.05, 4.69) is 11.1 Å². The van der Waals surface area contributed by atoms with Crippen molar-refractivity contribution in [3.05, 3.63) is 65.0 Å². The third-order valence-corrected chi connectivity index (χ3v) is 6.62. The van der Waals surface area contributed by atoms with Gasteiger partial charge in [0.1, 0.15) is 11.6 Å². The third-order valence-electron chi connectivity index (χ3n) is 4.98. The molecule has 0 amide bonds. The van der Waals surface area contributed by atoms with Crippen LogP contribution in [0.4, 0.5) is 17.6 Å². The Morgan fingerprint density at radius 1 is 1.00 bits per heavy atom. The molecule has 2 aromatic rings. The van der Waals surface area contributed by atoms with Crippen molar-refractivity contribution in [2.45, 2.75) is 70.7 Å². The number of rotatable bonds is 10. The Balaban J connectivity index is 0.000000561. The molecule has 0 aliphatic heterocycles. The molecule has 2 aromatic carbocycles. The van der Waals surface area contributed by atoms with E-state index in [1.165, 1.54) is 6.07 Å². The molecular weight excluding hydrogens is 572 g/mol. The standard InChI is InChI=1S/C9H6F4O2.C8H18O3S.C7H8O4S/c10-6-2-1-5(3-8(14)15)7(4-6)9(11,12)13;1-3-4-5-6-7-8(2)12(9,10)11;1-6-4-2-3-5-7(6)11-12(8,9)10/h1-2,4H,3H2,(H,14,15);8H,3-7H2,1-2H3,(H,9,10,11);2-5H,1H3,(H,8,9,10). The van der Waals surface area contributed by atoms with Crippen molar-refractivity contribution in [1.82, 2.24) is 0 Å². The lowest BCUT2D eigenvalue weighted by molar-refractivity contribution is -0.139. The van der Waals surface area contributed by atoms with Gasteiger partial charge in [0.05, 0.1) is 17.2 Å².